The molecule has 0 spiro atoms. The van der Waals surface area contributed by atoms with E-state index in [1.165, 1.54) is 12.1 Å². The van der Waals surface area contributed by atoms with Gasteiger partial charge in [-0.25, -0.2) is 0 Å². The first-order chi connectivity index (χ1) is 9.33. The number of halogens is 1. The Labute approximate surface area is 128 Å². The lowest BCUT2D eigenvalue weighted by molar-refractivity contribution is 0.0670. The number of nitrogens with two attached hydrogens (primary N) is 1. The number of rotatable bonds is 2. The smallest absolute Gasteiger partial charge is 0.253 e. The summed E-state index contributed by atoms with van der Waals surface area (Å²) in [6.07, 6.45) is 1.53. The van der Waals surface area contributed by atoms with E-state index in [2.05, 4.69) is 0 Å². The van der Waals surface area contributed by atoms with Crippen LogP contribution in [0.1, 0.15) is 30.1 Å². The van der Waals surface area contributed by atoms with E-state index >= 15 is 0 Å². The number of phenols is 1. The average molecular weight is 313 g/mol. The van der Waals surface area contributed by atoms with Crippen LogP contribution in [-0.4, -0.2) is 34.0 Å². The first kappa shape index (κ1) is 15.1. The molecule has 1 heterocycles. The molecular formula is C14H17ClN2O2S. The zero-order valence-electron chi connectivity index (χ0n) is 11.2. The minimum absolute atomic E-state index is 0.0251. The summed E-state index contributed by atoms with van der Waals surface area (Å²) in [6, 6.07) is 4.49. The lowest BCUT2D eigenvalue weighted by Gasteiger charge is -2.38. The van der Waals surface area contributed by atoms with Gasteiger partial charge in [0.15, 0.2) is 0 Å². The normalized spacial score (nSPS) is 17.8. The zero-order valence-corrected chi connectivity index (χ0v) is 12.8. The highest BCUT2D eigenvalue weighted by molar-refractivity contribution is 7.80. The number of amides is 1. The van der Waals surface area contributed by atoms with Crippen molar-refractivity contribution in [3.8, 4) is 5.75 Å². The molecule has 0 aromatic heterocycles. The van der Waals surface area contributed by atoms with Gasteiger partial charge < -0.3 is 15.7 Å². The van der Waals surface area contributed by atoms with Gasteiger partial charge in [0.25, 0.3) is 5.91 Å². The van der Waals surface area contributed by atoms with Crippen molar-refractivity contribution in [3.05, 3.63) is 28.8 Å². The Kier molecular flexibility index (Phi) is 4.20. The maximum atomic E-state index is 12.4. The number of thiocarbonyl (C=S) groups is 1. The van der Waals surface area contributed by atoms with Crippen LogP contribution in [0.2, 0.25) is 5.02 Å². The molecule has 108 valence electrons. The van der Waals surface area contributed by atoms with Gasteiger partial charge in [-0.3, -0.25) is 4.79 Å². The molecule has 0 aliphatic carbocycles. The molecule has 1 aliphatic rings. The largest absolute Gasteiger partial charge is 0.506 e. The van der Waals surface area contributed by atoms with Gasteiger partial charge in [-0.2, -0.15) is 0 Å². The Bertz CT molecular complexity index is 554. The predicted octanol–water partition coefficient (Wildman–Crippen LogP) is 2.57. The van der Waals surface area contributed by atoms with Crippen LogP contribution in [0, 0.1) is 5.41 Å². The minimum atomic E-state index is -0.168. The molecular weight excluding hydrogens is 296 g/mol. The quantitative estimate of drug-likeness (QED) is 0.824. The third kappa shape index (κ3) is 2.88. The lowest BCUT2D eigenvalue weighted by Crippen LogP contribution is -2.46. The molecule has 20 heavy (non-hydrogen) atoms. The van der Waals surface area contributed by atoms with E-state index in [4.69, 9.17) is 29.6 Å². The second-order valence-corrected chi connectivity index (χ2v) is 6.23. The summed E-state index contributed by atoms with van der Waals surface area (Å²) in [7, 11) is 0. The zero-order chi connectivity index (χ0) is 14.9. The van der Waals surface area contributed by atoms with Crippen molar-refractivity contribution in [2.75, 3.05) is 13.1 Å². The van der Waals surface area contributed by atoms with Gasteiger partial charge in [0, 0.05) is 24.1 Å². The van der Waals surface area contributed by atoms with E-state index in [9.17, 15) is 9.90 Å². The summed E-state index contributed by atoms with van der Waals surface area (Å²) in [5.41, 5.74) is 6.06. The van der Waals surface area contributed by atoms with Gasteiger partial charge in [0.2, 0.25) is 0 Å². The van der Waals surface area contributed by atoms with E-state index in [1.54, 1.807) is 11.0 Å². The van der Waals surface area contributed by atoms with E-state index in [0.29, 0.717) is 23.6 Å². The molecule has 0 saturated carbocycles. The summed E-state index contributed by atoms with van der Waals surface area (Å²) >= 11 is 10.9. The Morgan fingerprint density at radius 2 is 2.05 bits per heavy atom. The maximum Gasteiger partial charge on any atom is 0.253 e. The number of nitrogens with zero attached hydrogens (tertiary/aromatic N) is 1. The summed E-state index contributed by atoms with van der Waals surface area (Å²) < 4.78 is 0. The molecule has 0 atom stereocenters. The molecule has 1 aromatic carbocycles. The van der Waals surface area contributed by atoms with Gasteiger partial charge in [0.1, 0.15) is 5.75 Å². The predicted molar refractivity (Wildman–Crippen MR) is 83.1 cm³/mol. The van der Waals surface area contributed by atoms with Crippen LogP contribution in [-0.2, 0) is 0 Å². The topological polar surface area (TPSA) is 66.6 Å². The van der Waals surface area contributed by atoms with Gasteiger partial charge in [-0.1, -0.05) is 30.7 Å². The van der Waals surface area contributed by atoms with Crippen LogP contribution < -0.4 is 5.73 Å². The molecule has 0 unspecified atom stereocenters. The van der Waals surface area contributed by atoms with E-state index < -0.39 is 0 Å². The molecule has 1 aromatic rings. The van der Waals surface area contributed by atoms with Crippen molar-refractivity contribution < 1.29 is 9.90 Å². The number of aromatic hydroxyl groups is 1. The highest BCUT2D eigenvalue weighted by Gasteiger charge is 2.34. The molecule has 3 N–H and O–H groups in total. The first-order valence-corrected chi connectivity index (χ1v) is 7.20. The molecule has 1 fully saturated rings. The van der Waals surface area contributed by atoms with Crippen molar-refractivity contribution >= 4 is 34.7 Å². The van der Waals surface area contributed by atoms with Crippen LogP contribution in [0.4, 0.5) is 0 Å². The van der Waals surface area contributed by atoms with Crippen LogP contribution in [0.5, 0.6) is 5.75 Å². The fourth-order valence-corrected chi connectivity index (χ4v) is 2.66. The van der Waals surface area contributed by atoms with Crippen molar-refractivity contribution in [2.45, 2.75) is 19.8 Å². The van der Waals surface area contributed by atoms with Crippen molar-refractivity contribution in [1.82, 2.24) is 4.90 Å². The number of likely N-dealkylation sites (tertiary alicyclic amines) is 1. The van der Waals surface area contributed by atoms with Crippen LogP contribution in [0.15, 0.2) is 18.2 Å². The average Bonchev–Trinajstić information content (AvgIpc) is 2.42. The standard InChI is InChI=1S/C14H17ClN2O2S/c1-14(13(16)20)4-6-17(7-5-14)12(19)9-2-3-11(18)10(15)8-9/h2-3,8,18H,4-7H2,1H3,(H2,16,20). The minimum Gasteiger partial charge on any atom is -0.506 e. The Hall–Kier alpha value is -1.33. The van der Waals surface area contributed by atoms with Crippen molar-refractivity contribution in [1.29, 1.82) is 0 Å². The van der Waals surface area contributed by atoms with Crippen LogP contribution in [0.3, 0.4) is 0 Å². The number of carbonyl (C=O) groups is 1. The van der Waals surface area contributed by atoms with Crippen LogP contribution in [0.25, 0.3) is 0 Å². The number of piperidine rings is 1. The third-order valence-corrected chi connectivity index (χ3v) is 4.74. The van der Waals surface area contributed by atoms with Gasteiger partial charge >= 0.3 is 0 Å². The van der Waals surface area contributed by atoms with Gasteiger partial charge in [0.05, 0.1) is 10.0 Å². The Balaban J connectivity index is 2.08. The Morgan fingerprint density at radius 1 is 1.45 bits per heavy atom. The van der Waals surface area contributed by atoms with Gasteiger partial charge in [-0.05, 0) is 31.0 Å². The van der Waals surface area contributed by atoms with Gasteiger partial charge in [-0.15, -0.1) is 0 Å². The highest BCUT2D eigenvalue weighted by Crippen LogP contribution is 2.32. The summed E-state index contributed by atoms with van der Waals surface area (Å²) in [6.45, 7) is 3.27. The fraction of sp³-hybridized carbons (Fsp3) is 0.429. The highest BCUT2D eigenvalue weighted by atomic mass is 35.5. The summed E-state index contributed by atoms with van der Waals surface area (Å²) in [5, 5.41) is 9.56. The maximum absolute atomic E-state index is 12.4. The number of hydrogen-bond donors (Lipinski definition) is 2. The van der Waals surface area contributed by atoms with Crippen molar-refractivity contribution in [2.24, 2.45) is 11.1 Å². The number of carbonyl (C=O) groups excluding carboxylic acids is 1. The SMILES string of the molecule is CC1(C(N)=S)CCN(C(=O)c2ccc(O)c(Cl)c2)CC1. The van der Waals surface area contributed by atoms with E-state index in [-0.39, 0.29) is 22.1 Å². The van der Waals surface area contributed by atoms with Crippen LogP contribution >= 0.6 is 23.8 Å². The first-order valence-electron chi connectivity index (χ1n) is 6.41. The molecule has 4 nitrogen and oxygen atoms in total. The molecule has 6 heteroatoms. The second kappa shape index (κ2) is 5.58. The number of phenolic OH excluding ortho intramolecular Hbond substituents is 1. The second-order valence-electron chi connectivity index (χ2n) is 5.38. The number of hydrogen-bond acceptors (Lipinski definition) is 3. The monoisotopic (exact) mass is 312 g/mol. The summed E-state index contributed by atoms with van der Waals surface area (Å²) in [5.74, 6) is -0.111. The fourth-order valence-electron chi connectivity index (χ4n) is 2.27. The van der Waals surface area contributed by atoms with E-state index in [1.807, 2.05) is 6.92 Å². The van der Waals surface area contributed by atoms with E-state index in [0.717, 1.165) is 12.8 Å². The molecule has 1 saturated heterocycles. The molecule has 2 rings (SSSR count). The molecule has 0 bridgehead atoms. The molecule has 1 aliphatic heterocycles. The van der Waals surface area contributed by atoms with Crippen molar-refractivity contribution in [3.63, 3.8) is 0 Å². The molecule has 0 radical (unpaired) electrons. The lowest BCUT2D eigenvalue weighted by atomic mass is 9.80. The summed E-state index contributed by atoms with van der Waals surface area (Å²) in [4.78, 5) is 14.6. The Morgan fingerprint density at radius 3 is 2.55 bits per heavy atom. The third-order valence-electron chi connectivity index (χ3n) is 3.94. The number of benzene rings is 1. The molecule has 1 amide bonds.